The van der Waals surface area contributed by atoms with Gasteiger partial charge in [0.2, 0.25) is 5.82 Å². The minimum absolute atomic E-state index is 0.0784. The summed E-state index contributed by atoms with van der Waals surface area (Å²) in [6, 6.07) is 14.8. The van der Waals surface area contributed by atoms with Gasteiger partial charge in [-0.05, 0) is 61.9 Å². The summed E-state index contributed by atoms with van der Waals surface area (Å²) in [6.45, 7) is 6.13. The first-order chi connectivity index (χ1) is 21.9. The topological polar surface area (TPSA) is 133 Å². The summed E-state index contributed by atoms with van der Waals surface area (Å²) in [5, 5.41) is 15.9. The molecular weight excluding hydrogens is 608 g/mol. The van der Waals surface area contributed by atoms with Gasteiger partial charge in [0.05, 0.1) is 5.69 Å². The maximum atomic E-state index is 14.0. The van der Waals surface area contributed by atoms with Crippen LogP contribution < -0.4 is 15.1 Å². The molecule has 46 heavy (non-hydrogen) atoms. The number of carbonyl (C=O) groups is 3. The van der Waals surface area contributed by atoms with Gasteiger partial charge in [0.25, 0.3) is 11.8 Å². The van der Waals surface area contributed by atoms with Crippen LogP contribution >= 0.6 is 11.6 Å². The standard InChI is InChI=1S/C34H33ClN6O5/c1-34(2,3)46-33(45)38-28-17-39(4)30(37-28)32(44)40-12-11-19-22-13-24(36-23(22)9-10-25(19)40)31(43)41-16-18(15-35)29-21-8-6-5-7-20(21)27(42)14-26(29)41/h5-10,13-14,17-18,36,42H,11-12,15-16H2,1-4H3,(H,38,45)/t18-/m1/s1. The summed E-state index contributed by atoms with van der Waals surface area (Å²) >= 11 is 6.39. The molecule has 3 aromatic carbocycles. The van der Waals surface area contributed by atoms with Crippen LogP contribution in [0.15, 0.2) is 54.7 Å². The van der Waals surface area contributed by atoms with E-state index in [2.05, 4.69) is 15.3 Å². The molecule has 0 spiro atoms. The maximum Gasteiger partial charge on any atom is 0.413 e. The lowest BCUT2D eigenvalue weighted by Gasteiger charge is -2.19. The third kappa shape index (κ3) is 4.91. The number of aromatic amines is 1. The number of halogens is 1. The number of aromatic hydroxyl groups is 1. The molecule has 3 N–H and O–H groups in total. The number of hydrogen-bond donors (Lipinski definition) is 3. The second-order valence-electron chi connectivity index (χ2n) is 12.7. The fourth-order valence-electron chi connectivity index (χ4n) is 6.58. The Morgan fingerprint density at radius 3 is 2.54 bits per heavy atom. The summed E-state index contributed by atoms with van der Waals surface area (Å²) in [5.41, 5.74) is 3.83. The van der Waals surface area contributed by atoms with E-state index >= 15 is 0 Å². The molecule has 0 unspecified atom stereocenters. The molecule has 11 nitrogen and oxygen atoms in total. The Morgan fingerprint density at radius 2 is 1.80 bits per heavy atom. The average molecular weight is 641 g/mol. The number of amides is 3. The van der Waals surface area contributed by atoms with Crippen molar-refractivity contribution in [1.29, 1.82) is 0 Å². The molecule has 0 aliphatic carbocycles. The SMILES string of the molecule is Cn1cc(NC(=O)OC(C)(C)C)nc1C(=O)N1CCc2c1ccc1[nH]c(C(=O)N3C[C@@H](CCl)c4c3cc(O)c3ccccc43)cc21. The van der Waals surface area contributed by atoms with E-state index < -0.39 is 11.7 Å². The van der Waals surface area contributed by atoms with E-state index in [1.54, 1.807) is 54.4 Å². The zero-order chi connectivity index (χ0) is 32.5. The van der Waals surface area contributed by atoms with Crippen molar-refractivity contribution in [3.05, 3.63) is 77.4 Å². The van der Waals surface area contributed by atoms with Gasteiger partial charge in [-0.3, -0.25) is 14.9 Å². The molecule has 0 radical (unpaired) electrons. The largest absolute Gasteiger partial charge is 0.507 e. The van der Waals surface area contributed by atoms with Crippen LogP contribution in [0, 0.1) is 0 Å². The van der Waals surface area contributed by atoms with Crippen molar-refractivity contribution in [2.75, 3.05) is 34.1 Å². The molecule has 7 rings (SSSR count). The lowest BCUT2D eigenvalue weighted by atomic mass is 9.95. The molecule has 12 heteroatoms. The number of aromatic nitrogens is 3. The van der Waals surface area contributed by atoms with Gasteiger partial charge in [0.15, 0.2) is 5.82 Å². The predicted molar refractivity (Wildman–Crippen MR) is 177 cm³/mol. The molecule has 0 bridgehead atoms. The number of ether oxygens (including phenoxy) is 1. The first-order valence-electron chi connectivity index (χ1n) is 15.1. The number of nitrogens with one attached hydrogen (secondary N) is 2. The molecule has 2 aliphatic rings. The Kier molecular flexibility index (Phi) is 6.97. The third-order valence-corrected chi connectivity index (χ3v) is 8.89. The molecule has 3 amide bonds. The minimum atomic E-state index is -0.672. The van der Waals surface area contributed by atoms with Crippen LogP contribution in [0.5, 0.6) is 5.75 Å². The van der Waals surface area contributed by atoms with E-state index in [-0.39, 0.29) is 35.1 Å². The van der Waals surface area contributed by atoms with E-state index in [0.717, 1.165) is 38.5 Å². The zero-order valence-electron chi connectivity index (χ0n) is 25.8. The number of phenolic OH excluding ortho intramolecular Hbond substituents is 1. The molecule has 1 atom stereocenters. The fraction of sp³-hybridized carbons (Fsp3) is 0.294. The fourth-order valence-corrected chi connectivity index (χ4v) is 6.83. The first kappa shape index (κ1) is 29.7. The number of hydrogen-bond acceptors (Lipinski definition) is 6. The second kappa shape index (κ2) is 10.8. The predicted octanol–water partition coefficient (Wildman–Crippen LogP) is 6.29. The number of rotatable bonds is 4. The molecule has 0 saturated carbocycles. The summed E-state index contributed by atoms with van der Waals surface area (Å²) < 4.78 is 6.87. The maximum absolute atomic E-state index is 14.0. The normalized spacial score (nSPS) is 15.8. The lowest BCUT2D eigenvalue weighted by molar-refractivity contribution is 0.0634. The van der Waals surface area contributed by atoms with Crippen molar-refractivity contribution in [2.45, 2.75) is 38.7 Å². The quantitative estimate of drug-likeness (QED) is 0.198. The highest BCUT2D eigenvalue weighted by Crippen LogP contribution is 2.46. The summed E-state index contributed by atoms with van der Waals surface area (Å²) in [6.07, 6.45) is 1.50. The van der Waals surface area contributed by atoms with Gasteiger partial charge in [0.1, 0.15) is 17.0 Å². The van der Waals surface area contributed by atoms with Crippen LogP contribution in [0.1, 0.15) is 58.9 Å². The van der Waals surface area contributed by atoms with Crippen molar-refractivity contribution in [3.8, 4) is 5.75 Å². The van der Waals surface area contributed by atoms with Gasteiger partial charge in [-0.1, -0.05) is 24.3 Å². The molecular formula is C34H33ClN6O5. The highest BCUT2D eigenvalue weighted by molar-refractivity contribution is 6.19. The number of benzene rings is 3. The van der Waals surface area contributed by atoms with Crippen LogP contribution in [0.25, 0.3) is 21.7 Å². The number of imidazole rings is 1. The van der Waals surface area contributed by atoms with Crippen LogP contribution in [0.2, 0.25) is 0 Å². The van der Waals surface area contributed by atoms with Crippen molar-refractivity contribution >= 4 is 68.4 Å². The van der Waals surface area contributed by atoms with Crippen LogP contribution in [0.4, 0.5) is 22.0 Å². The van der Waals surface area contributed by atoms with Crippen molar-refractivity contribution in [1.82, 2.24) is 14.5 Å². The van der Waals surface area contributed by atoms with Crippen LogP contribution in [-0.4, -0.2) is 62.1 Å². The Bertz CT molecular complexity index is 2080. The van der Waals surface area contributed by atoms with Crippen LogP contribution in [-0.2, 0) is 18.2 Å². The lowest BCUT2D eigenvalue weighted by Crippen LogP contribution is -2.31. The molecule has 0 fully saturated rings. The Balaban J connectivity index is 1.17. The number of anilines is 3. The summed E-state index contributed by atoms with van der Waals surface area (Å²) in [5.74, 6) is 0.220. The monoisotopic (exact) mass is 640 g/mol. The van der Waals surface area contributed by atoms with Gasteiger partial charge in [-0.2, -0.15) is 0 Å². The zero-order valence-corrected chi connectivity index (χ0v) is 26.6. The van der Waals surface area contributed by atoms with Gasteiger partial charge >= 0.3 is 6.09 Å². The van der Waals surface area contributed by atoms with E-state index in [0.29, 0.717) is 36.8 Å². The number of nitrogens with zero attached hydrogens (tertiary/aromatic N) is 4. The molecule has 5 aromatic rings. The average Bonchev–Trinajstić information content (AvgIpc) is 3.78. The van der Waals surface area contributed by atoms with Crippen molar-refractivity contribution in [3.63, 3.8) is 0 Å². The molecule has 2 aliphatic heterocycles. The first-order valence-corrected chi connectivity index (χ1v) is 15.6. The Hall–Kier alpha value is -5.03. The highest BCUT2D eigenvalue weighted by atomic mass is 35.5. The number of alkyl halides is 1. The van der Waals surface area contributed by atoms with E-state index in [9.17, 15) is 19.5 Å². The van der Waals surface area contributed by atoms with E-state index in [4.69, 9.17) is 16.3 Å². The van der Waals surface area contributed by atoms with Gasteiger partial charge in [-0.25, -0.2) is 9.78 Å². The number of fused-ring (bicyclic) bond motifs is 6. The highest BCUT2D eigenvalue weighted by Gasteiger charge is 2.36. The molecule has 236 valence electrons. The Morgan fingerprint density at radius 1 is 1.04 bits per heavy atom. The third-order valence-electron chi connectivity index (χ3n) is 8.51. The summed E-state index contributed by atoms with van der Waals surface area (Å²) in [4.78, 5) is 50.9. The number of H-pyrrole nitrogens is 1. The smallest absolute Gasteiger partial charge is 0.413 e. The minimum Gasteiger partial charge on any atom is -0.507 e. The summed E-state index contributed by atoms with van der Waals surface area (Å²) in [7, 11) is 1.69. The van der Waals surface area contributed by atoms with Gasteiger partial charge in [-0.15, -0.1) is 11.6 Å². The molecule has 2 aromatic heterocycles. The van der Waals surface area contributed by atoms with Crippen molar-refractivity contribution < 1.29 is 24.2 Å². The second-order valence-corrected chi connectivity index (χ2v) is 13.1. The van der Waals surface area contributed by atoms with Crippen molar-refractivity contribution in [2.24, 2.45) is 7.05 Å². The number of aryl methyl sites for hydroxylation is 1. The van der Waals surface area contributed by atoms with Gasteiger partial charge < -0.3 is 29.2 Å². The molecule has 0 saturated heterocycles. The van der Waals surface area contributed by atoms with Crippen LogP contribution in [0.3, 0.4) is 0 Å². The van der Waals surface area contributed by atoms with Gasteiger partial charge in [0, 0.05) is 66.2 Å². The number of carbonyl (C=O) groups excluding carboxylic acids is 3. The number of phenols is 1. The van der Waals surface area contributed by atoms with E-state index in [1.807, 2.05) is 42.5 Å². The van der Waals surface area contributed by atoms with E-state index in [1.165, 1.54) is 0 Å². The Labute approximate surface area is 269 Å². The molecule has 4 heterocycles.